The molecule has 0 saturated heterocycles. The van der Waals surface area contributed by atoms with Gasteiger partial charge in [-0.15, -0.1) is 11.2 Å². The van der Waals surface area contributed by atoms with E-state index in [1.807, 2.05) is 149 Å². The first kappa shape index (κ1) is 194. The van der Waals surface area contributed by atoms with Crippen LogP contribution in [0.3, 0.4) is 0 Å². The maximum absolute atomic E-state index is 11.2. The molecule has 0 atom stereocenters. The number of thiol groups is 1. The van der Waals surface area contributed by atoms with Crippen LogP contribution < -0.4 is 113 Å². The predicted molar refractivity (Wildman–Crippen MR) is 436 cm³/mol. The topological polar surface area (TPSA) is 302 Å². The van der Waals surface area contributed by atoms with E-state index in [1.54, 1.807) is 55.6 Å². The Labute approximate surface area is 716 Å². The van der Waals surface area contributed by atoms with Gasteiger partial charge in [-0.3, -0.25) is 18.8 Å². The number of alkyl halides is 3. The average Bonchev–Trinajstić information content (AvgIpc) is 3.60. The maximum atomic E-state index is 11.2. The molecular formula is C71H176B3F3K2NO17S2. The summed E-state index contributed by atoms with van der Waals surface area (Å²) in [5, 5.41) is 65.7. The summed E-state index contributed by atoms with van der Waals surface area (Å²) in [5.74, 6) is -1.32. The van der Waals surface area contributed by atoms with Gasteiger partial charge in [-0.1, -0.05) is 289 Å². The van der Waals surface area contributed by atoms with Crippen LogP contribution in [0.2, 0.25) is 13.6 Å². The number of thiocarbonyl (C=S) groups is 1. The zero-order chi connectivity index (χ0) is 86.5. The van der Waals surface area contributed by atoms with Crippen molar-refractivity contribution >= 4 is 82.4 Å². The predicted octanol–water partition coefficient (Wildman–Crippen LogP) is 14.7. The number of aliphatic carboxylic acids is 1. The van der Waals surface area contributed by atoms with Crippen LogP contribution in [0.4, 0.5) is 13.2 Å². The second-order valence-corrected chi connectivity index (χ2v) is 17.0. The van der Waals surface area contributed by atoms with Crippen LogP contribution >= 0.6 is 25.0 Å². The number of aldehydes is 2. The summed E-state index contributed by atoms with van der Waals surface area (Å²) in [6, 6.07) is 0. The number of rotatable bonds is 8. The van der Waals surface area contributed by atoms with Crippen LogP contribution in [0.25, 0.3) is 0 Å². The molecule has 0 saturated carbocycles. The SMILES string of the molecule is CB(O)O.CB(O)O.CC.CC.CC.CC.CC.CC.CC.CC(=O)O.CC(C)(C)[O-].CC(C)(C)[O-].CC=CC.CC=CC.CC=O.CC=O.CCC.CCCC.CCCCCC.CCCCCC.CF.CO.COC(C)(F)F.COC(C)=O.COC(C)=O.COC(C)=S.[B]=NS.[K+].[K+]. The van der Waals surface area contributed by atoms with E-state index in [0.29, 0.717) is 19.2 Å². The molecule has 0 spiro atoms. The molecule has 6 N–H and O–H groups in total. The number of aliphatic hydroxyl groups excluding tert-OH is 1. The summed E-state index contributed by atoms with van der Waals surface area (Å²) in [6.45, 7) is 75.0. The third-order valence-corrected chi connectivity index (χ3v) is 4.47. The Morgan fingerprint density at radius 3 is 0.566 bits per heavy atom. The van der Waals surface area contributed by atoms with Crippen molar-refractivity contribution < 1.29 is 199 Å². The van der Waals surface area contributed by atoms with Crippen molar-refractivity contribution in [3.63, 3.8) is 0 Å². The Morgan fingerprint density at radius 2 is 0.556 bits per heavy atom. The van der Waals surface area contributed by atoms with Gasteiger partial charge in [-0.25, -0.2) is 0 Å². The number of aliphatic hydroxyl groups is 1. The summed E-state index contributed by atoms with van der Waals surface area (Å²) >= 11 is 7.67. The van der Waals surface area contributed by atoms with Gasteiger partial charge in [0, 0.05) is 48.8 Å². The molecule has 99 heavy (non-hydrogen) atoms. The Bertz CT molecular complexity index is 994. The fraction of sp³-hybridized carbons (Fsp3) is 0.859. The van der Waals surface area contributed by atoms with Gasteiger partial charge in [0.25, 0.3) is 5.97 Å². The average molecular weight is 1550 g/mol. The third kappa shape index (κ3) is 2740. The molecule has 0 aliphatic heterocycles. The normalized spacial score (nSPS) is 7.04. The fourth-order valence-corrected chi connectivity index (χ4v) is 1.000. The van der Waals surface area contributed by atoms with Crippen LogP contribution in [0.5, 0.6) is 0 Å². The minimum absolute atomic E-state index is 0. The molecule has 0 heterocycles. The first-order chi connectivity index (χ1) is 44.8. The molecule has 0 aromatic rings. The van der Waals surface area contributed by atoms with Crippen molar-refractivity contribution in [3.05, 3.63) is 24.3 Å². The van der Waals surface area contributed by atoms with Crippen LogP contribution in [0.1, 0.15) is 341 Å². The second kappa shape index (κ2) is 274. The van der Waals surface area contributed by atoms with Crippen LogP contribution in [-0.2, 0) is 42.9 Å². The molecule has 0 unspecified atom stereocenters. The monoisotopic (exact) mass is 1550 g/mol. The summed E-state index contributed by atoms with van der Waals surface area (Å²) < 4.78 is 51.0. The first-order valence-electron chi connectivity index (χ1n) is 34.0. The number of esters is 2. The van der Waals surface area contributed by atoms with Crippen molar-refractivity contribution in [3.8, 4) is 0 Å². The van der Waals surface area contributed by atoms with Crippen molar-refractivity contribution in [2.75, 3.05) is 42.7 Å². The molecule has 28 heteroatoms. The number of carbonyl (C=O) groups excluding carboxylic acids is 4. The van der Waals surface area contributed by atoms with Crippen molar-refractivity contribution in [1.29, 1.82) is 0 Å². The van der Waals surface area contributed by atoms with Crippen LogP contribution in [0.15, 0.2) is 28.6 Å². The molecular weight excluding hydrogens is 1370 g/mol. The van der Waals surface area contributed by atoms with E-state index in [0.717, 1.165) is 33.7 Å². The fourth-order valence-electron chi connectivity index (χ4n) is 1.000. The molecule has 0 aromatic heterocycles. The number of unbranched alkanes of at least 4 members (excludes halogenated alkanes) is 7. The molecule has 611 valence electrons. The summed E-state index contributed by atoms with van der Waals surface area (Å²) in [7, 11) is 8.72. The molecule has 0 aliphatic rings. The molecule has 18 nitrogen and oxygen atoms in total. The standard InChI is InChI=1S/2C6H14.2C4H9O.C4H10.2C4H8.C3H6F2O.2C3H6O2.C3H6OS.C3H8.C2H4O2.2C2H4O.7C2H6.2CH5BO2.CH3F.CH4O.BHNS.2K/c2*1-3-5-6-4-2;2*1-4(2,3)5;3*1-3-4-2;1-3(4,5)6-2;2*1-3(4)5-2;1-3(5)4-2;1-3-2;1-2(3)4;2*1-2-3;7*1-2;2*1-2(3)4;2*1-2;1-2-3;;/h2*3-6H2,1-2H3;2*1-3H3;3-4H2,1-2H3;2*3-4H,1-2H3;1-2H3;3*1-2H3;3H2,1-2H3;1H3,(H,3,4);2*2H,1H3;7*1-2H3;2*3-4H,1H3;1H3;2H,1H3;3H;;/q;;2*-1;;;;;;;;;;;;;;;;;;;;;;;;2*+1. The minimum atomic E-state index is -2.96. The van der Waals surface area contributed by atoms with E-state index in [2.05, 4.69) is 111 Å². The van der Waals surface area contributed by atoms with E-state index in [9.17, 15) is 33.0 Å². The summed E-state index contributed by atoms with van der Waals surface area (Å²) in [5.41, 5.74) is -1.50. The van der Waals surface area contributed by atoms with Crippen molar-refractivity contribution in [2.24, 2.45) is 4.30 Å². The second-order valence-electron chi connectivity index (χ2n) is 16.1. The van der Waals surface area contributed by atoms with E-state index < -0.39 is 37.5 Å². The largest absolute Gasteiger partial charge is 1.00 e. The number of ether oxygens (including phenoxy) is 4. The van der Waals surface area contributed by atoms with E-state index in [-0.39, 0.29) is 115 Å². The number of hydrogen-bond donors (Lipinski definition) is 7. The minimum Gasteiger partial charge on any atom is 1.00 e. The van der Waals surface area contributed by atoms with Crippen molar-refractivity contribution in [2.45, 2.75) is 372 Å². The zero-order valence-corrected chi connectivity index (χ0v) is 83.0. The quantitative estimate of drug-likeness (QED) is 0.0226. The van der Waals surface area contributed by atoms with E-state index >= 15 is 0 Å². The van der Waals surface area contributed by atoms with Crippen LogP contribution in [-0.4, -0.2) is 148 Å². The maximum Gasteiger partial charge on any atom is 1.00 e. The summed E-state index contributed by atoms with van der Waals surface area (Å²) in [6.07, 6.45) is 21.5. The number of allylic oxidation sites excluding steroid dienone is 4. The smallest absolute Gasteiger partial charge is 1.00 e. The van der Waals surface area contributed by atoms with Gasteiger partial charge in [0.1, 0.15) is 12.6 Å². The molecule has 1 radical (unpaired) electrons. The number of hydrogen-bond acceptors (Lipinski definition) is 19. The Kier molecular flexibility index (Phi) is 537. The number of methoxy groups -OCH3 is 4. The number of carboxylic acid groups (broad SMARTS) is 1. The van der Waals surface area contributed by atoms with Gasteiger partial charge in [0.2, 0.25) is 0 Å². The number of carboxylic acids is 1. The third-order valence-electron chi connectivity index (χ3n) is 4.30. The molecule has 0 bridgehead atoms. The first-order valence-corrected chi connectivity index (χ1v) is 34.8. The van der Waals surface area contributed by atoms with Crippen LogP contribution in [0, 0.1) is 0 Å². The van der Waals surface area contributed by atoms with Gasteiger partial charge in [0.05, 0.1) is 28.5 Å². The molecule has 0 amide bonds. The molecule has 0 aliphatic carbocycles. The van der Waals surface area contributed by atoms with Gasteiger partial charge in [0.15, 0.2) is 5.05 Å². The summed E-state index contributed by atoms with van der Waals surface area (Å²) in [4.78, 5) is 45.8. The van der Waals surface area contributed by atoms with Crippen molar-refractivity contribution in [1.82, 2.24) is 0 Å². The van der Waals surface area contributed by atoms with E-state index in [4.69, 9.17) is 44.7 Å². The van der Waals surface area contributed by atoms with E-state index in [1.165, 1.54) is 126 Å². The van der Waals surface area contributed by atoms with Gasteiger partial charge in [-0.05, 0) is 67.4 Å². The number of nitrogens with zero attached hydrogens (tertiary/aromatic N) is 1. The molecule has 0 aromatic carbocycles. The zero-order valence-electron chi connectivity index (χ0n) is 75.1. The number of carbonyl (C=O) groups is 5. The molecule has 0 fully saturated rings. The number of halogens is 3. The molecule has 0 rings (SSSR count). The van der Waals surface area contributed by atoms with Gasteiger partial charge < -0.3 is 69.1 Å². The Balaban J connectivity index is -0.0000000192. The van der Waals surface area contributed by atoms with Gasteiger partial charge >= 0.3 is 160 Å². The van der Waals surface area contributed by atoms with Gasteiger partial charge in [-0.2, -0.15) is 8.78 Å². The Morgan fingerprint density at radius 1 is 0.485 bits per heavy atom. The Hall–Kier alpha value is 0.208.